The highest BCUT2D eigenvalue weighted by Gasteiger charge is 2.14. The molecule has 0 aliphatic carbocycles. The molecule has 0 unspecified atom stereocenters. The first-order valence-electron chi connectivity index (χ1n) is 6.85. The summed E-state index contributed by atoms with van der Waals surface area (Å²) >= 11 is 0. The van der Waals surface area contributed by atoms with Crippen LogP contribution in [0.3, 0.4) is 0 Å². The fraction of sp³-hybridized carbons (Fsp3) is 0. The maximum atomic E-state index is 9.36. The first kappa shape index (κ1) is 14.2. The standard InChI is InChI=1S/C18H11N5/c19-10-12-4-6-13(7-5-12)17-9-14(15(11-20)18(21)23-17)16-3-1-2-8-22-16/h1-9H,(H2,21,23). The van der Waals surface area contributed by atoms with E-state index in [2.05, 4.69) is 22.1 Å². The molecular weight excluding hydrogens is 286 g/mol. The second-order valence-corrected chi connectivity index (χ2v) is 4.83. The third-order valence-corrected chi connectivity index (χ3v) is 3.41. The van der Waals surface area contributed by atoms with Crippen LogP contribution in [0, 0.1) is 22.7 Å². The number of hydrogen-bond acceptors (Lipinski definition) is 5. The summed E-state index contributed by atoms with van der Waals surface area (Å²) in [4.78, 5) is 8.58. The van der Waals surface area contributed by atoms with E-state index in [1.807, 2.05) is 18.2 Å². The average Bonchev–Trinajstić information content (AvgIpc) is 2.62. The molecule has 0 saturated heterocycles. The molecule has 23 heavy (non-hydrogen) atoms. The van der Waals surface area contributed by atoms with Crippen molar-refractivity contribution >= 4 is 5.82 Å². The first-order chi connectivity index (χ1) is 11.2. The van der Waals surface area contributed by atoms with Crippen LogP contribution in [0.4, 0.5) is 5.82 Å². The minimum Gasteiger partial charge on any atom is -0.383 e. The van der Waals surface area contributed by atoms with Crippen molar-refractivity contribution in [3.8, 4) is 34.7 Å². The molecule has 0 amide bonds. The minimum absolute atomic E-state index is 0.162. The van der Waals surface area contributed by atoms with E-state index in [1.54, 1.807) is 36.5 Å². The van der Waals surface area contributed by atoms with Crippen molar-refractivity contribution in [2.75, 3.05) is 5.73 Å². The fourth-order valence-electron chi connectivity index (χ4n) is 2.27. The normalized spacial score (nSPS) is 9.83. The number of nitriles is 2. The predicted molar refractivity (Wildman–Crippen MR) is 86.7 cm³/mol. The monoisotopic (exact) mass is 297 g/mol. The van der Waals surface area contributed by atoms with Gasteiger partial charge in [-0.1, -0.05) is 18.2 Å². The number of pyridine rings is 2. The molecule has 2 aromatic heterocycles. The van der Waals surface area contributed by atoms with Gasteiger partial charge >= 0.3 is 0 Å². The lowest BCUT2D eigenvalue weighted by atomic mass is 10.0. The van der Waals surface area contributed by atoms with Gasteiger partial charge in [-0.25, -0.2) is 4.98 Å². The molecule has 5 heteroatoms. The van der Waals surface area contributed by atoms with E-state index in [9.17, 15) is 5.26 Å². The zero-order valence-corrected chi connectivity index (χ0v) is 12.1. The molecule has 3 aromatic rings. The SMILES string of the molecule is N#Cc1ccc(-c2cc(-c3ccccn3)c(C#N)c(N)n2)cc1. The lowest BCUT2D eigenvalue weighted by molar-refractivity contribution is 1.27. The number of anilines is 1. The lowest BCUT2D eigenvalue weighted by Crippen LogP contribution is -2.00. The molecule has 2 heterocycles. The van der Waals surface area contributed by atoms with Gasteiger partial charge in [0, 0.05) is 17.3 Å². The number of aromatic nitrogens is 2. The molecule has 5 nitrogen and oxygen atoms in total. The first-order valence-corrected chi connectivity index (χ1v) is 6.85. The highest BCUT2D eigenvalue weighted by atomic mass is 14.9. The number of nitrogen functional groups attached to an aromatic ring is 1. The maximum absolute atomic E-state index is 9.36. The van der Waals surface area contributed by atoms with Gasteiger partial charge in [-0.3, -0.25) is 4.98 Å². The second-order valence-electron chi connectivity index (χ2n) is 4.83. The molecule has 2 N–H and O–H groups in total. The number of nitrogens with zero attached hydrogens (tertiary/aromatic N) is 4. The summed E-state index contributed by atoms with van der Waals surface area (Å²) < 4.78 is 0. The summed E-state index contributed by atoms with van der Waals surface area (Å²) in [6, 6.07) is 18.5. The predicted octanol–water partition coefficient (Wildman–Crippen LogP) is 3.14. The van der Waals surface area contributed by atoms with E-state index in [0.717, 1.165) is 5.56 Å². The Morgan fingerprint density at radius 2 is 1.70 bits per heavy atom. The number of benzene rings is 1. The van der Waals surface area contributed by atoms with Crippen LogP contribution in [0.15, 0.2) is 54.7 Å². The van der Waals surface area contributed by atoms with Gasteiger partial charge in [-0.15, -0.1) is 0 Å². The third-order valence-electron chi connectivity index (χ3n) is 3.41. The smallest absolute Gasteiger partial charge is 0.142 e. The van der Waals surface area contributed by atoms with Gasteiger partial charge in [0.1, 0.15) is 17.5 Å². The van der Waals surface area contributed by atoms with Gasteiger partial charge < -0.3 is 5.73 Å². The Bertz CT molecular complexity index is 932. The summed E-state index contributed by atoms with van der Waals surface area (Å²) in [6.45, 7) is 0. The van der Waals surface area contributed by atoms with Crippen molar-refractivity contribution < 1.29 is 0 Å². The van der Waals surface area contributed by atoms with E-state index in [4.69, 9.17) is 11.0 Å². The van der Waals surface area contributed by atoms with Gasteiger partial charge in [0.25, 0.3) is 0 Å². The molecule has 3 rings (SSSR count). The topological polar surface area (TPSA) is 99.4 Å². The minimum atomic E-state index is 0.162. The van der Waals surface area contributed by atoms with Crippen LogP contribution in [0.2, 0.25) is 0 Å². The van der Waals surface area contributed by atoms with Crippen LogP contribution in [0.1, 0.15) is 11.1 Å². The van der Waals surface area contributed by atoms with Crippen molar-refractivity contribution in [3.63, 3.8) is 0 Å². The number of nitrogens with two attached hydrogens (primary N) is 1. The van der Waals surface area contributed by atoms with E-state index in [1.165, 1.54) is 0 Å². The zero-order valence-electron chi connectivity index (χ0n) is 12.1. The van der Waals surface area contributed by atoms with Crippen LogP contribution in [0.5, 0.6) is 0 Å². The van der Waals surface area contributed by atoms with Crippen LogP contribution in [-0.4, -0.2) is 9.97 Å². The summed E-state index contributed by atoms with van der Waals surface area (Å²) in [7, 11) is 0. The van der Waals surface area contributed by atoms with Crippen molar-refractivity contribution in [2.45, 2.75) is 0 Å². The zero-order chi connectivity index (χ0) is 16.2. The Morgan fingerprint density at radius 3 is 2.30 bits per heavy atom. The van der Waals surface area contributed by atoms with Gasteiger partial charge in [0.2, 0.25) is 0 Å². The highest BCUT2D eigenvalue weighted by molar-refractivity contribution is 5.78. The van der Waals surface area contributed by atoms with Crippen LogP contribution in [0.25, 0.3) is 22.5 Å². The Labute approximate surface area is 133 Å². The summed E-state index contributed by atoms with van der Waals surface area (Å²) in [5.74, 6) is 0.162. The molecular formula is C18H11N5. The van der Waals surface area contributed by atoms with Gasteiger partial charge in [0.15, 0.2) is 0 Å². The summed E-state index contributed by atoms with van der Waals surface area (Å²) in [5.41, 5.74) is 9.57. The van der Waals surface area contributed by atoms with E-state index in [0.29, 0.717) is 28.1 Å². The molecule has 0 saturated carbocycles. The molecule has 0 aliphatic rings. The lowest BCUT2D eigenvalue weighted by Gasteiger charge is -2.09. The van der Waals surface area contributed by atoms with Crippen molar-refractivity contribution in [1.82, 2.24) is 9.97 Å². The fourth-order valence-corrected chi connectivity index (χ4v) is 2.27. The summed E-state index contributed by atoms with van der Waals surface area (Å²) in [5, 5.41) is 18.2. The highest BCUT2D eigenvalue weighted by Crippen LogP contribution is 2.30. The van der Waals surface area contributed by atoms with Crippen LogP contribution < -0.4 is 5.73 Å². The van der Waals surface area contributed by atoms with Crippen LogP contribution in [-0.2, 0) is 0 Å². The molecule has 0 radical (unpaired) electrons. The molecule has 0 atom stereocenters. The maximum Gasteiger partial charge on any atom is 0.142 e. The average molecular weight is 297 g/mol. The molecule has 108 valence electrons. The van der Waals surface area contributed by atoms with E-state index in [-0.39, 0.29) is 5.82 Å². The summed E-state index contributed by atoms with van der Waals surface area (Å²) in [6.07, 6.45) is 1.66. The Kier molecular flexibility index (Phi) is 3.70. The Balaban J connectivity index is 2.19. The molecule has 0 fully saturated rings. The van der Waals surface area contributed by atoms with Gasteiger partial charge in [-0.05, 0) is 30.3 Å². The molecule has 1 aromatic carbocycles. The molecule has 0 bridgehead atoms. The van der Waals surface area contributed by atoms with Gasteiger partial charge in [-0.2, -0.15) is 10.5 Å². The third kappa shape index (κ3) is 2.72. The van der Waals surface area contributed by atoms with Gasteiger partial charge in [0.05, 0.1) is 23.0 Å². The van der Waals surface area contributed by atoms with Crippen molar-refractivity contribution in [3.05, 3.63) is 65.9 Å². The molecule has 0 aliphatic heterocycles. The van der Waals surface area contributed by atoms with Crippen LogP contribution >= 0.6 is 0 Å². The van der Waals surface area contributed by atoms with Crippen molar-refractivity contribution in [1.29, 1.82) is 10.5 Å². The second kappa shape index (κ2) is 5.97. The molecule has 0 spiro atoms. The number of rotatable bonds is 2. The largest absolute Gasteiger partial charge is 0.383 e. The van der Waals surface area contributed by atoms with E-state index < -0.39 is 0 Å². The van der Waals surface area contributed by atoms with E-state index >= 15 is 0 Å². The quantitative estimate of drug-likeness (QED) is 0.783. The Morgan fingerprint density at radius 1 is 0.913 bits per heavy atom. The van der Waals surface area contributed by atoms with Crippen molar-refractivity contribution in [2.24, 2.45) is 0 Å². The number of hydrogen-bond donors (Lipinski definition) is 1. The Hall–Kier alpha value is -3.70.